The molecular formula is C24H30N2O6. The van der Waals surface area contributed by atoms with Crippen molar-refractivity contribution in [3.8, 4) is 11.5 Å². The van der Waals surface area contributed by atoms with Crippen LogP contribution < -0.4 is 20.1 Å². The SMILES string of the molecule is COc1cccc(CCC(=O)OC(C)C(=O)NCC(=O)Nc2c(C)cccc2C)c1OC. The maximum atomic E-state index is 12.2. The van der Waals surface area contributed by atoms with Crippen LogP contribution in [0.15, 0.2) is 36.4 Å². The first-order valence-electron chi connectivity index (χ1n) is 10.3. The first-order valence-corrected chi connectivity index (χ1v) is 10.3. The van der Waals surface area contributed by atoms with Gasteiger partial charge in [0.25, 0.3) is 5.91 Å². The Bertz CT molecular complexity index is 953. The van der Waals surface area contributed by atoms with Gasteiger partial charge < -0.3 is 24.8 Å². The summed E-state index contributed by atoms with van der Waals surface area (Å²) in [6, 6.07) is 11.1. The van der Waals surface area contributed by atoms with Crippen molar-refractivity contribution in [1.29, 1.82) is 0 Å². The molecule has 0 radical (unpaired) electrons. The van der Waals surface area contributed by atoms with Gasteiger partial charge in [0.1, 0.15) is 0 Å². The summed E-state index contributed by atoms with van der Waals surface area (Å²) in [4.78, 5) is 36.6. The number of benzene rings is 2. The predicted molar refractivity (Wildman–Crippen MR) is 121 cm³/mol. The standard InChI is InChI=1S/C24H30N2O6/c1-15-8-6-9-16(2)22(15)26-20(27)14-25-24(29)17(3)32-21(28)13-12-18-10-7-11-19(30-4)23(18)31-5/h6-11,17H,12-14H2,1-5H3,(H,25,29)(H,26,27). The quantitative estimate of drug-likeness (QED) is 0.549. The highest BCUT2D eigenvalue weighted by Gasteiger charge is 2.19. The van der Waals surface area contributed by atoms with Crippen LogP contribution in [-0.2, 0) is 25.5 Å². The molecule has 1 atom stereocenters. The van der Waals surface area contributed by atoms with Crippen LogP contribution >= 0.6 is 0 Å². The fraction of sp³-hybridized carbons (Fsp3) is 0.375. The van der Waals surface area contributed by atoms with E-state index < -0.39 is 18.0 Å². The van der Waals surface area contributed by atoms with E-state index in [0.717, 1.165) is 22.4 Å². The maximum Gasteiger partial charge on any atom is 0.306 e. The number of para-hydroxylation sites is 2. The first-order chi connectivity index (χ1) is 15.3. The van der Waals surface area contributed by atoms with E-state index in [9.17, 15) is 14.4 Å². The minimum Gasteiger partial charge on any atom is -0.493 e. The Morgan fingerprint density at radius 2 is 1.62 bits per heavy atom. The van der Waals surface area contributed by atoms with E-state index in [2.05, 4.69) is 10.6 Å². The molecule has 0 aliphatic heterocycles. The van der Waals surface area contributed by atoms with Crippen molar-refractivity contribution in [2.45, 2.75) is 39.7 Å². The van der Waals surface area contributed by atoms with Crippen molar-refractivity contribution in [2.75, 3.05) is 26.1 Å². The number of aryl methyl sites for hydroxylation is 3. The highest BCUT2D eigenvalue weighted by Crippen LogP contribution is 2.31. The van der Waals surface area contributed by atoms with Gasteiger partial charge in [-0.15, -0.1) is 0 Å². The van der Waals surface area contributed by atoms with E-state index >= 15 is 0 Å². The van der Waals surface area contributed by atoms with Crippen molar-refractivity contribution < 1.29 is 28.6 Å². The van der Waals surface area contributed by atoms with Gasteiger partial charge in [-0.25, -0.2) is 0 Å². The lowest BCUT2D eigenvalue weighted by atomic mass is 10.1. The summed E-state index contributed by atoms with van der Waals surface area (Å²) in [7, 11) is 3.07. The van der Waals surface area contributed by atoms with Gasteiger partial charge in [-0.2, -0.15) is 0 Å². The number of esters is 1. The number of methoxy groups -OCH3 is 2. The van der Waals surface area contributed by atoms with Gasteiger partial charge in [-0.1, -0.05) is 30.3 Å². The minimum atomic E-state index is -1.03. The zero-order chi connectivity index (χ0) is 23.7. The molecule has 8 heteroatoms. The Morgan fingerprint density at radius 1 is 0.969 bits per heavy atom. The molecule has 2 N–H and O–H groups in total. The molecule has 0 aromatic heterocycles. The van der Waals surface area contributed by atoms with E-state index in [1.807, 2.05) is 44.2 Å². The molecule has 32 heavy (non-hydrogen) atoms. The highest BCUT2D eigenvalue weighted by molar-refractivity contribution is 5.96. The molecule has 2 amide bonds. The summed E-state index contributed by atoms with van der Waals surface area (Å²) >= 11 is 0. The van der Waals surface area contributed by atoms with Gasteiger partial charge in [0, 0.05) is 12.1 Å². The molecule has 0 bridgehead atoms. The van der Waals surface area contributed by atoms with E-state index in [4.69, 9.17) is 14.2 Å². The van der Waals surface area contributed by atoms with E-state index in [0.29, 0.717) is 17.9 Å². The molecule has 2 aromatic carbocycles. The van der Waals surface area contributed by atoms with Crippen LogP contribution in [0, 0.1) is 13.8 Å². The van der Waals surface area contributed by atoms with Gasteiger partial charge in [-0.05, 0) is 49.9 Å². The molecule has 0 aliphatic rings. The number of carbonyl (C=O) groups is 3. The summed E-state index contributed by atoms with van der Waals surface area (Å²) in [5.41, 5.74) is 3.38. The second-order valence-electron chi connectivity index (χ2n) is 7.32. The zero-order valence-electron chi connectivity index (χ0n) is 19.1. The number of nitrogens with one attached hydrogen (secondary N) is 2. The summed E-state index contributed by atoms with van der Waals surface area (Å²) in [5.74, 6) is -0.306. The summed E-state index contributed by atoms with van der Waals surface area (Å²) < 4.78 is 15.8. The third-order valence-electron chi connectivity index (χ3n) is 4.93. The number of rotatable bonds is 10. The lowest BCUT2D eigenvalue weighted by Crippen LogP contribution is -2.40. The number of hydrogen-bond acceptors (Lipinski definition) is 6. The van der Waals surface area contributed by atoms with Crippen LogP contribution in [0.5, 0.6) is 11.5 Å². The average Bonchev–Trinajstić information content (AvgIpc) is 2.78. The van der Waals surface area contributed by atoms with Gasteiger partial charge >= 0.3 is 5.97 Å². The molecule has 0 aliphatic carbocycles. The van der Waals surface area contributed by atoms with E-state index in [-0.39, 0.29) is 18.9 Å². The van der Waals surface area contributed by atoms with Crippen LogP contribution in [0.25, 0.3) is 0 Å². The lowest BCUT2D eigenvalue weighted by Gasteiger charge is -2.15. The zero-order valence-corrected chi connectivity index (χ0v) is 19.1. The van der Waals surface area contributed by atoms with Gasteiger partial charge in [0.2, 0.25) is 5.91 Å². The smallest absolute Gasteiger partial charge is 0.306 e. The Labute approximate surface area is 188 Å². The fourth-order valence-corrected chi connectivity index (χ4v) is 3.20. The van der Waals surface area contributed by atoms with Crippen molar-refractivity contribution in [3.05, 3.63) is 53.1 Å². The largest absolute Gasteiger partial charge is 0.493 e. The monoisotopic (exact) mass is 442 g/mol. The second-order valence-corrected chi connectivity index (χ2v) is 7.32. The topological polar surface area (TPSA) is 103 Å². The average molecular weight is 443 g/mol. The number of amides is 2. The predicted octanol–water partition coefficient (Wildman–Crippen LogP) is 2.94. The van der Waals surface area contributed by atoms with Crippen LogP contribution in [0.2, 0.25) is 0 Å². The number of hydrogen-bond donors (Lipinski definition) is 2. The van der Waals surface area contributed by atoms with E-state index in [1.165, 1.54) is 14.0 Å². The molecular weight excluding hydrogens is 412 g/mol. The molecule has 8 nitrogen and oxygen atoms in total. The normalized spacial score (nSPS) is 11.3. The van der Waals surface area contributed by atoms with Gasteiger partial charge in [0.05, 0.1) is 20.8 Å². The van der Waals surface area contributed by atoms with Crippen molar-refractivity contribution in [2.24, 2.45) is 0 Å². The summed E-state index contributed by atoms with van der Waals surface area (Å²) in [6.07, 6.45) is -0.595. The van der Waals surface area contributed by atoms with Crippen LogP contribution in [0.4, 0.5) is 5.69 Å². The fourth-order valence-electron chi connectivity index (χ4n) is 3.20. The molecule has 0 heterocycles. The summed E-state index contributed by atoms with van der Waals surface area (Å²) in [6.45, 7) is 5.02. The Balaban J connectivity index is 1.81. The van der Waals surface area contributed by atoms with Crippen molar-refractivity contribution in [1.82, 2.24) is 5.32 Å². The molecule has 2 aromatic rings. The van der Waals surface area contributed by atoms with Gasteiger partial charge in [-0.3, -0.25) is 14.4 Å². The molecule has 0 saturated carbocycles. The maximum absolute atomic E-state index is 12.2. The van der Waals surface area contributed by atoms with E-state index in [1.54, 1.807) is 13.2 Å². The Morgan fingerprint density at radius 3 is 2.25 bits per heavy atom. The first kappa shape index (κ1) is 24.7. The molecule has 0 fully saturated rings. The van der Waals surface area contributed by atoms with Crippen molar-refractivity contribution >= 4 is 23.5 Å². The number of anilines is 1. The van der Waals surface area contributed by atoms with Crippen molar-refractivity contribution in [3.63, 3.8) is 0 Å². The molecule has 2 rings (SSSR count). The molecule has 1 unspecified atom stereocenters. The Hall–Kier alpha value is -3.55. The summed E-state index contributed by atoms with van der Waals surface area (Å²) in [5, 5.41) is 5.28. The van der Waals surface area contributed by atoms with Crippen LogP contribution in [0.1, 0.15) is 30.0 Å². The lowest BCUT2D eigenvalue weighted by molar-refractivity contribution is -0.154. The van der Waals surface area contributed by atoms with Crippen LogP contribution in [-0.4, -0.2) is 44.7 Å². The molecule has 0 saturated heterocycles. The third-order valence-corrected chi connectivity index (χ3v) is 4.93. The number of ether oxygens (including phenoxy) is 3. The Kier molecular flexibility index (Phi) is 9.07. The minimum absolute atomic E-state index is 0.0637. The second kappa shape index (κ2) is 11.7. The molecule has 0 spiro atoms. The number of carbonyl (C=O) groups excluding carboxylic acids is 3. The van der Waals surface area contributed by atoms with Crippen LogP contribution in [0.3, 0.4) is 0 Å². The van der Waals surface area contributed by atoms with Gasteiger partial charge in [0.15, 0.2) is 17.6 Å². The third kappa shape index (κ3) is 6.73. The highest BCUT2D eigenvalue weighted by atomic mass is 16.5. The molecule has 172 valence electrons.